The maximum Gasteiger partial charge on any atom is 0.434 e. The van der Waals surface area contributed by atoms with Gasteiger partial charge in [-0.15, -0.1) is 0 Å². The highest BCUT2D eigenvalue weighted by Gasteiger charge is 2.60. The molecule has 1 unspecified atom stereocenters. The van der Waals surface area contributed by atoms with Crippen molar-refractivity contribution in [1.29, 1.82) is 0 Å². The summed E-state index contributed by atoms with van der Waals surface area (Å²) in [6.07, 6.45) is -20.2. The first-order valence-electron chi connectivity index (χ1n) is 12.9. The number of halogens is 9. The van der Waals surface area contributed by atoms with E-state index in [4.69, 9.17) is 0 Å². The summed E-state index contributed by atoms with van der Waals surface area (Å²) in [5.74, 6) is -1.77. The largest absolute Gasteiger partial charge is 0.481 e. The van der Waals surface area contributed by atoms with Crippen molar-refractivity contribution in [2.45, 2.75) is 68.8 Å². The number of hydrogen-bond acceptors (Lipinski definition) is 5. The topological polar surface area (TPSA) is 73.3 Å². The molecule has 3 heterocycles. The van der Waals surface area contributed by atoms with Crippen LogP contribution in [0.2, 0.25) is 0 Å². The number of carboxylic acids is 1. The molecule has 1 amide bonds. The van der Waals surface area contributed by atoms with Gasteiger partial charge in [0.2, 0.25) is 0 Å². The zero-order valence-corrected chi connectivity index (χ0v) is 21.6. The van der Waals surface area contributed by atoms with Crippen molar-refractivity contribution in [2.75, 3.05) is 37.6 Å². The number of benzene rings is 1. The molecule has 41 heavy (non-hydrogen) atoms. The minimum absolute atomic E-state index is 0.0443. The fraction of sp³-hybridized carbons (Fsp3) is 0.680. The van der Waals surface area contributed by atoms with E-state index in [9.17, 15) is 54.2 Å². The van der Waals surface area contributed by atoms with Crippen LogP contribution in [-0.2, 0) is 22.3 Å². The van der Waals surface area contributed by atoms with Crippen molar-refractivity contribution in [1.82, 2.24) is 9.80 Å². The van der Waals surface area contributed by atoms with E-state index in [2.05, 4.69) is 4.74 Å². The maximum atomic E-state index is 13.5. The first kappa shape index (κ1) is 31.0. The molecule has 1 atom stereocenters. The third kappa shape index (κ3) is 6.78. The molecule has 1 spiro atoms. The van der Waals surface area contributed by atoms with Gasteiger partial charge in [0.05, 0.1) is 11.5 Å². The number of carbonyl (C=O) groups excluding carboxylic acids is 1. The predicted molar refractivity (Wildman–Crippen MR) is 125 cm³/mol. The highest BCUT2D eigenvalue weighted by atomic mass is 19.4. The number of rotatable bonds is 5. The van der Waals surface area contributed by atoms with E-state index in [1.54, 1.807) is 4.90 Å². The Bertz CT molecular complexity index is 1120. The smallest absolute Gasteiger partial charge is 0.434 e. The van der Waals surface area contributed by atoms with E-state index in [1.165, 1.54) is 6.07 Å². The van der Waals surface area contributed by atoms with Crippen molar-refractivity contribution in [3.05, 3.63) is 29.3 Å². The Labute approximate surface area is 228 Å². The summed E-state index contributed by atoms with van der Waals surface area (Å²) in [5.41, 5.74) is -0.657. The highest BCUT2D eigenvalue weighted by molar-refractivity contribution is 5.72. The van der Waals surface area contributed by atoms with Gasteiger partial charge in [-0.2, -0.15) is 39.5 Å². The Hall–Kier alpha value is -2.91. The molecule has 1 aromatic carbocycles. The second-order valence-electron chi connectivity index (χ2n) is 10.7. The lowest BCUT2D eigenvalue weighted by molar-refractivity contribution is -0.308. The Morgan fingerprint density at radius 2 is 1.59 bits per heavy atom. The second-order valence-corrected chi connectivity index (χ2v) is 10.7. The Balaban J connectivity index is 1.49. The first-order valence-corrected chi connectivity index (χ1v) is 12.9. The number of nitrogens with zero attached hydrogens (tertiary/aromatic N) is 3. The van der Waals surface area contributed by atoms with Crippen LogP contribution in [0, 0.1) is 5.92 Å². The van der Waals surface area contributed by atoms with E-state index in [0.29, 0.717) is 24.9 Å². The lowest BCUT2D eigenvalue weighted by atomic mass is 9.84. The molecular formula is C25H28F9N3O4. The van der Waals surface area contributed by atoms with Gasteiger partial charge in [0, 0.05) is 44.0 Å². The molecule has 3 saturated heterocycles. The highest BCUT2D eigenvalue weighted by Crippen LogP contribution is 2.43. The number of aliphatic carboxylic acids is 1. The summed E-state index contributed by atoms with van der Waals surface area (Å²) < 4.78 is 121. The molecule has 3 aliphatic heterocycles. The van der Waals surface area contributed by atoms with E-state index < -0.39 is 53.7 Å². The molecule has 1 aromatic rings. The van der Waals surface area contributed by atoms with Crippen LogP contribution in [0.4, 0.5) is 50.0 Å². The number of piperidine rings is 1. The zero-order valence-electron chi connectivity index (χ0n) is 21.6. The number of ether oxygens (including phenoxy) is 1. The van der Waals surface area contributed by atoms with Crippen molar-refractivity contribution >= 4 is 17.7 Å². The SMILES string of the molecule is O=C(O)C1CCN(c2cc(C(F)(F)F)ccc2CN2CCCC23CCN(C(=O)OC(C(F)(F)F)C(F)(F)F)CC3)C1. The summed E-state index contributed by atoms with van der Waals surface area (Å²) >= 11 is 0. The Morgan fingerprint density at radius 1 is 0.951 bits per heavy atom. The van der Waals surface area contributed by atoms with Crippen LogP contribution in [0.5, 0.6) is 0 Å². The van der Waals surface area contributed by atoms with Crippen LogP contribution in [-0.4, -0.2) is 83.7 Å². The van der Waals surface area contributed by atoms with Crippen LogP contribution in [0.1, 0.15) is 43.2 Å². The van der Waals surface area contributed by atoms with Gasteiger partial charge < -0.3 is 19.6 Å². The molecule has 16 heteroatoms. The van der Waals surface area contributed by atoms with Gasteiger partial charge in [0.25, 0.3) is 6.10 Å². The Morgan fingerprint density at radius 3 is 2.12 bits per heavy atom. The molecule has 7 nitrogen and oxygen atoms in total. The van der Waals surface area contributed by atoms with Crippen molar-refractivity contribution in [3.63, 3.8) is 0 Å². The van der Waals surface area contributed by atoms with Crippen molar-refractivity contribution in [2.24, 2.45) is 5.92 Å². The van der Waals surface area contributed by atoms with E-state index in [1.807, 2.05) is 4.90 Å². The van der Waals surface area contributed by atoms with Crippen LogP contribution in [0.3, 0.4) is 0 Å². The number of carbonyl (C=O) groups is 2. The third-order valence-corrected chi connectivity index (χ3v) is 8.16. The van der Waals surface area contributed by atoms with Gasteiger partial charge in [-0.3, -0.25) is 9.69 Å². The number of hydrogen-bond donors (Lipinski definition) is 1. The number of alkyl halides is 9. The third-order valence-electron chi connectivity index (χ3n) is 8.16. The fourth-order valence-electron chi connectivity index (χ4n) is 5.96. The standard InChI is InChI=1S/C25H28F9N3O4/c26-23(27,28)17-3-2-15(18(12-17)36-9-4-16(13-36)19(38)39)14-37-8-1-5-22(37)6-10-35(11-7-22)21(40)41-20(24(29,30)31)25(32,33)34/h2-3,12,16,20H,1,4-11,13-14H2,(H,38,39). The van der Waals surface area contributed by atoms with Crippen molar-refractivity contribution < 1.29 is 58.9 Å². The molecular weight excluding hydrogens is 577 g/mol. The lowest BCUT2D eigenvalue weighted by Crippen LogP contribution is -2.54. The summed E-state index contributed by atoms with van der Waals surface area (Å²) in [5, 5.41) is 9.35. The first-order chi connectivity index (χ1) is 18.9. The molecule has 4 rings (SSSR count). The average molecular weight is 605 g/mol. The lowest BCUT2D eigenvalue weighted by Gasteiger charge is -2.45. The summed E-state index contributed by atoms with van der Waals surface area (Å²) in [7, 11) is 0. The number of anilines is 1. The molecule has 0 bridgehead atoms. The van der Waals surface area contributed by atoms with E-state index >= 15 is 0 Å². The van der Waals surface area contributed by atoms with Crippen LogP contribution < -0.4 is 4.90 Å². The van der Waals surface area contributed by atoms with Gasteiger partial charge >= 0.3 is 30.6 Å². The zero-order chi connectivity index (χ0) is 30.4. The van der Waals surface area contributed by atoms with Gasteiger partial charge in [-0.1, -0.05) is 6.07 Å². The number of amides is 1. The molecule has 0 aliphatic carbocycles. The van der Waals surface area contributed by atoms with Crippen LogP contribution >= 0.6 is 0 Å². The monoisotopic (exact) mass is 605 g/mol. The normalized spacial score (nSPS) is 22.1. The number of carboxylic acid groups (broad SMARTS) is 1. The Kier molecular flexibility index (Phi) is 8.37. The molecule has 0 saturated carbocycles. The van der Waals surface area contributed by atoms with Crippen LogP contribution in [0.15, 0.2) is 18.2 Å². The molecule has 0 radical (unpaired) electrons. The second kappa shape index (κ2) is 11.1. The molecule has 230 valence electrons. The van der Waals surface area contributed by atoms with Gasteiger partial charge in [-0.25, -0.2) is 4.79 Å². The minimum Gasteiger partial charge on any atom is -0.481 e. The molecule has 1 N–H and O–H groups in total. The van der Waals surface area contributed by atoms with Gasteiger partial charge in [0.15, 0.2) is 0 Å². The summed E-state index contributed by atoms with van der Waals surface area (Å²) in [6, 6.07) is 3.29. The van der Waals surface area contributed by atoms with Crippen molar-refractivity contribution in [3.8, 4) is 0 Å². The van der Waals surface area contributed by atoms with Gasteiger partial charge in [0.1, 0.15) is 0 Å². The minimum atomic E-state index is -5.83. The average Bonchev–Trinajstić information content (AvgIpc) is 3.49. The molecule has 3 aliphatic rings. The van der Waals surface area contributed by atoms with E-state index in [0.717, 1.165) is 17.0 Å². The summed E-state index contributed by atoms with van der Waals surface area (Å²) in [4.78, 5) is 28.1. The van der Waals surface area contributed by atoms with E-state index in [-0.39, 0.29) is 57.7 Å². The van der Waals surface area contributed by atoms with Gasteiger partial charge in [-0.05, 0) is 56.3 Å². The summed E-state index contributed by atoms with van der Waals surface area (Å²) in [6.45, 7) is 0.699. The molecule has 3 fully saturated rings. The molecule has 0 aromatic heterocycles. The van der Waals surface area contributed by atoms with Crippen LogP contribution in [0.25, 0.3) is 0 Å². The quantitative estimate of drug-likeness (QED) is 0.436. The number of likely N-dealkylation sites (tertiary alicyclic amines) is 2. The fourth-order valence-corrected chi connectivity index (χ4v) is 5.96. The maximum absolute atomic E-state index is 13.5. The predicted octanol–water partition coefficient (Wildman–Crippen LogP) is 5.68.